The number of ether oxygens (including phenoxy) is 1. The van der Waals surface area contributed by atoms with Crippen LogP contribution in [-0.2, 0) is 6.61 Å². The van der Waals surface area contributed by atoms with Gasteiger partial charge in [0.05, 0.1) is 28.0 Å². The number of halogens is 1. The van der Waals surface area contributed by atoms with Crippen molar-refractivity contribution in [1.29, 1.82) is 5.26 Å². The van der Waals surface area contributed by atoms with E-state index < -0.39 is 0 Å². The molecule has 1 amide bonds. The highest BCUT2D eigenvalue weighted by Crippen LogP contribution is 2.28. The van der Waals surface area contributed by atoms with E-state index in [4.69, 9.17) is 4.74 Å². The Labute approximate surface area is 241 Å². The molecule has 5 rings (SSSR count). The number of carbonyl (C=O) groups excluding carboxylic acids is 1. The summed E-state index contributed by atoms with van der Waals surface area (Å²) < 4.78 is 8.79. The first kappa shape index (κ1) is 26.7. The Balaban J connectivity index is 1.21. The van der Waals surface area contributed by atoms with Gasteiger partial charge in [-0.2, -0.15) is 10.4 Å². The standard InChI is InChI=1S/C33H25BrN4O2/c1-23-11-17-31(25-7-3-2-4-8-25)38(23)29-15-13-26(14-16-29)33(39)37-36-21-24-12-18-32(30(34)19-24)40-22-28-10-6-5-9-27(28)20-35/h2-19,21H,22H2,1H3,(H,37,39). The van der Waals surface area contributed by atoms with E-state index >= 15 is 0 Å². The molecule has 0 radical (unpaired) electrons. The van der Waals surface area contributed by atoms with Gasteiger partial charge in [-0.15, -0.1) is 0 Å². The molecule has 0 fully saturated rings. The minimum absolute atomic E-state index is 0.280. The van der Waals surface area contributed by atoms with Gasteiger partial charge in [0, 0.05) is 22.5 Å². The fourth-order valence-electron chi connectivity index (χ4n) is 4.33. The van der Waals surface area contributed by atoms with Crippen LogP contribution in [0.1, 0.15) is 32.7 Å². The van der Waals surface area contributed by atoms with Crippen LogP contribution < -0.4 is 10.2 Å². The predicted octanol–water partition coefficient (Wildman–Crippen LogP) is 7.43. The summed E-state index contributed by atoms with van der Waals surface area (Å²) >= 11 is 3.52. The molecular formula is C33H25BrN4O2. The molecule has 7 heteroatoms. The van der Waals surface area contributed by atoms with Crippen molar-refractivity contribution in [1.82, 2.24) is 9.99 Å². The fraction of sp³-hybridized carbons (Fsp3) is 0.0606. The van der Waals surface area contributed by atoms with E-state index in [0.29, 0.717) is 16.9 Å². The molecule has 5 aromatic rings. The minimum Gasteiger partial charge on any atom is -0.488 e. The molecule has 0 aliphatic rings. The first-order chi connectivity index (χ1) is 19.5. The van der Waals surface area contributed by atoms with Gasteiger partial charge in [0.25, 0.3) is 5.91 Å². The monoisotopic (exact) mass is 588 g/mol. The molecule has 0 spiro atoms. The highest BCUT2D eigenvalue weighted by atomic mass is 79.9. The van der Waals surface area contributed by atoms with Gasteiger partial charge in [0.1, 0.15) is 12.4 Å². The molecule has 0 saturated carbocycles. The summed E-state index contributed by atoms with van der Waals surface area (Å²) in [7, 11) is 0. The van der Waals surface area contributed by atoms with Crippen molar-refractivity contribution in [3.05, 3.63) is 142 Å². The lowest BCUT2D eigenvalue weighted by Gasteiger charge is -2.12. The Morgan fingerprint density at radius 1 is 0.975 bits per heavy atom. The number of amides is 1. The number of nitriles is 1. The maximum atomic E-state index is 12.7. The molecule has 1 aromatic heterocycles. The number of hydrazone groups is 1. The number of aryl methyl sites for hydroxylation is 1. The van der Waals surface area contributed by atoms with Crippen molar-refractivity contribution in [3.63, 3.8) is 0 Å². The van der Waals surface area contributed by atoms with Gasteiger partial charge >= 0.3 is 0 Å². The smallest absolute Gasteiger partial charge is 0.271 e. The Kier molecular flexibility index (Phi) is 8.19. The molecule has 0 saturated heterocycles. The van der Waals surface area contributed by atoms with Crippen LogP contribution in [0, 0.1) is 18.3 Å². The van der Waals surface area contributed by atoms with Crippen LogP contribution in [0.4, 0.5) is 0 Å². The first-order valence-electron chi connectivity index (χ1n) is 12.6. The Morgan fingerprint density at radius 3 is 2.48 bits per heavy atom. The second kappa shape index (κ2) is 12.3. The zero-order valence-corrected chi connectivity index (χ0v) is 23.3. The van der Waals surface area contributed by atoms with Crippen LogP contribution in [-0.4, -0.2) is 16.7 Å². The molecule has 0 unspecified atom stereocenters. The van der Waals surface area contributed by atoms with Crippen molar-refractivity contribution < 1.29 is 9.53 Å². The van der Waals surface area contributed by atoms with Crippen LogP contribution >= 0.6 is 15.9 Å². The molecule has 1 N–H and O–H groups in total. The molecule has 1 heterocycles. The maximum Gasteiger partial charge on any atom is 0.271 e. The lowest BCUT2D eigenvalue weighted by molar-refractivity contribution is 0.0955. The van der Waals surface area contributed by atoms with Crippen molar-refractivity contribution in [3.8, 4) is 28.8 Å². The van der Waals surface area contributed by atoms with Crippen molar-refractivity contribution >= 4 is 28.1 Å². The second-order valence-corrected chi connectivity index (χ2v) is 9.91. The van der Waals surface area contributed by atoms with Crippen LogP contribution in [0.5, 0.6) is 5.75 Å². The number of nitrogens with one attached hydrogen (secondary N) is 1. The molecule has 0 aliphatic carbocycles. The normalized spacial score (nSPS) is 10.8. The third-order valence-corrected chi connectivity index (χ3v) is 7.01. The van der Waals surface area contributed by atoms with Gasteiger partial charge in [0.15, 0.2) is 0 Å². The number of hydrogen-bond donors (Lipinski definition) is 1. The molecule has 0 aliphatic heterocycles. The highest BCUT2D eigenvalue weighted by molar-refractivity contribution is 9.10. The summed E-state index contributed by atoms with van der Waals surface area (Å²) in [6, 6.07) is 36.9. The van der Waals surface area contributed by atoms with Crippen molar-refractivity contribution in [2.24, 2.45) is 5.10 Å². The van der Waals surface area contributed by atoms with E-state index in [1.54, 1.807) is 24.4 Å². The van der Waals surface area contributed by atoms with Crippen LogP contribution in [0.3, 0.4) is 0 Å². The van der Waals surface area contributed by atoms with Gasteiger partial charge in [0.2, 0.25) is 0 Å². The number of rotatable bonds is 8. The Bertz CT molecular complexity index is 1720. The molecule has 4 aromatic carbocycles. The van der Waals surface area contributed by atoms with Gasteiger partial charge in [-0.05, 0) is 94.6 Å². The van der Waals surface area contributed by atoms with Gasteiger partial charge in [-0.3, -0.25) is 4.79 Å². The Hall–Kier alpha value is -4.93. The van der Waals surface area contributed by atoms with Crippen molar-refractivity contribution in [2.45, 2.75) is 13.5 Å². The number of hydrogen-bond acceptors (Lipinski definition) is 4. The average Bonchev–Trinajstić information content (AvgIpc) is 3.38. The van der Waals surface area contributed by atoms with Crippen LogP contribution in [0.2, 0.25) is 0 Å². The summed E-state index contributed by atoms with van der Waals surface area (Å²) in [5, 5.41) is 13.4. The van der Waals surface area contributed by atoms with Gasteiger partial charge in [-0.1, -0.05) is 48.5 Å². The largest absolute Gasteiger partial charge is 0.488 e. The summed E-state index contributed by atoms with van der Waals surface area (Å²) in [5.41, 5.74) is 9.59. The van der Waals surface area contributed by atoms with E-state index in [1.807, 2.05) is 66.7 Å². The third-order valence-electron chi connectivity index (χ3n) is 6.39. The molecule has 6 nitrogen and oxygen atoms in total. The lowest BCUT2D eigenvalue weighted by atomic mass is 10.1. The Morgan fingerprint density at radius 2 is 1.73 bits per heavy atom. The minimum atomic E-state index is -0.300. The predicted molar refractivity (Wildman–Crippen MR) is 161 cm³/mol. The summed E-state index contributed by atoms with van der Waals surface area (Å²) in [4.78, 5) is 12.7. The second-order valence-electron chi connectivity index (χ2n) is 9.05. The molecular weight excluding hydrogens is 564 g/mol. The molecule has 0 bridgehead atoms. The van der Waals surface area contributed by atoms with Crippen LogP contribution in [0.25, 0.3) is 16.9 Å². The van der Waals surface area contributed by atoms with E-state index in [1.165, 1.54) is 0 Å². The topological polar surface area (TPSA) is 79.4 Å². The van der Waals surface area contributed by atoms with Gasteiger partial charge in [-0.25, -0.2) is 5.43 Å². The van der Waals surface area contributed by atoms with E-state index in [2.05, 4.69) is 68.3 Å². The zero-order valence-electron chi connectivity index (χ0n) is 21.7. The molecule has 0 atom stereocenters. The summed E-state index contributed by atoms with van der Waals surface area (Å²) in [6.07, 6.45) is 1.57. The highest BCUT2D eigenvalue weighted by Gasteiger charge is 2.11. The number of carbonyl (C=O) groups is 1. The van der Waals surface area contributed by atoms with Crippen molar-refractivity contribution in [2.75, 3.05) is 0 Å². The SMILES string of the molecule is Cc1ccc(-c2ccccc2)n1-c1ccc(C(=O)NN=Cc2ccc(OCc3ccccc3C#N)c(Br)c2)cc1. The third kappa shape index (κ3) is 6.04. The summed E-state index contributed by atoms with van der Waals surface area (Å²) in [6.45, 7) is 2.34. The zero-order chi connectivity index (χ0) is 27.9. The quantitative estimate of drug-likeness (QED) is 0.151. The number of aromatic nitrogens is 1. The van der Waals surface area contributed by atoms with Crippen LogP contribution in [0.15, 0.2) is 119 Å². The van der Waals surface area contributed by atoms with E-state index in [0.717, 1.165) is 38.2 Å². The number of nitrogens with zero attached hydrogens (tertiary/aromatic N) is 3. The van der Waals surface area contributed by atoms with Gasteiger partial charge < -0.3 is 9.30 Å². The number of benzene rings is 4. The lowest BCUT2D eigenvalue weighted by Crippen LogP contribution is -2.17. The fourth-order valence-corrected chi connectivity index (χ4v) is 4.84. The maximum absolute atomic E-state index is 12.7. The average molecular weight is 589 g/mol. The van der Waals surface area contributed by atoms with E-state index in [9.17, 15) is 10.1 Å². The summed E-state index contributed by atoms with van der Waals surface area (Å²) in [5.74, 6) is 0.341. The molecule has 196 valence electrons. The van der Waals surface area contributed by atoms with E-state index in [-0.39, 0.29) is 12.5 Å². The first-order valence-corrected chi connectivity index (χ1v) is 13.4. The molecule has 40 heavy (non-hydrogen) atoms.